The number of nitrogens with zero attached hydrogens (tertiary/aromatic N) is 1. The van der Waals surface area contributed by atoms with Gasteiger partial charge in [-0.15, -0.1) is 0 Å². The largest absolute Gasteiger partial charge is 0.497 e. The van der Waals surface area contributed by atoms with Crippen LogP contribution in [0, 0.1) is 0 Å². The fourth-order valence-electron chi connectivity index (χ4n) is 5.23. The average molecular weight is 615 g/mol. The van der Waals surface area contributed by atoms with E-state index in [2.05, 4.69) is 34.5 Å². The van der Waals surface area contributed by atoms with Crippen molar-refractivity contribution in [3.63, 3.8) is 0 Å². The molecule has 7 nitrogen and oxygen atoms in total. The van der Waals surface area contributed by atoms with E-state index in [0.29, 0.717) is 23.4 Å². The van der Waals surface area contributed by atoms with Crippen LogP contribution in [0.1, 0.15) is 33.5 Å². The highest BCUT2D eigenvalue weighted by atomic mass is 16.5. The molecule has 5 rings (SSSR count). The predicted octanol–water partition coefficient (Wildman–Crippen LogP) is 7.51. The third kappa shape index (κ3) is 8.76. The molecule has 0 unspecified atom stereocenters. The Balaban J connectivity index is 1.16. The quantitative estimate of drug-likeness (QED) is 0.0879. The number of nitrogens with one attached hydrogen (secondary N) is 1. The van der Waals surface area contributed by atoms with E-state index in [9.17, 15) is 14.7 Å². The number of hydrogen-bond acceptors (Lipinski definition) is 6. The smallest absolute Gasteiger partial charge is 0.326 e. The lowest BCUT2D eigenvalue weighted by Crippen LogP contribution is -2.32. The summed E-state index contributed by atoms with van der Waals surface area (Å²) in [4.78, 5) is 27.7. The normalized spacial score (nSPS) is 11.3. The lowest BCUT2D eigenvalue weighted by Gasteiger charge is -2.25. The molecule has 0 aromatic heterocycles. The van der Waals surface area contributed by atoms with Crippen LogP contribution in [-0.2, 0) is 17.8 Å². The second kappa shape index (κ2) is 16.0. The highest BCUT2D eigenvalue weighted by molar-refractivity contribution is 6.12. The van der Waals surface area contributed by atoms with Crippen molar-refractivity contribution in [1.29, 1.82) is 0 Å². The van der Waals surface area contributed by atoms with E-state index < -0.39 is 12.0 Å². The van der Waals surface area contributed by atoms with Crippen molar-refractivity contribution in [2.24, 2.45) is 0 Å². The lowest BCUT2D eigenvalue weighted by molar-refractivity contribution is -0.137. The number of ether oxygens (including phenoxy) is 2. The minimum Gasteiger partial charge on any atom is -0.497 e. The van der Waals surface area contributed by atoms with Crippen molar-refractivity contribution in [3.8, 4) is 11.5 Å². The number of carbonyl (C=O) groups is 2. The molecule has 0 aliphatic rings. The molecule has 0 saturated carbocycles. The topological polar surface area (TPSA) is 88.1 Å². The second-order valence-corrected chi connectivity index (χ2v) is 10.9. The van der Waals surface area contributed by atoms with Gasteiger partial charge in [0.25, 0.3) is 0 Å². The number of para-hydroxylation sites is 2. The first-order valence-electron chi connectivity index (χ1n) is 15.3. The summed E-state index contributed by atoms with van der Waals surface area (Å²) in [7, 11) is 1.67. The third-order valence-corrected chi connectivity index (χ3v) is 7.69. The second-order valence-electron chi connectivity index (χ2n) is 10.9. The van der Waals surface area contributed by atoms with Crippen LogP contribution >= 0.6 is 0 Å². The zero-order chi connectivity index (χ0) is 32.1. The van der Waals surface area contributed by atoms with Gasteiger partial charge in [-0.3, -0.25) is 4.79 Å². The van der Waals surface area contributed by atoms with Crippen LogP contribution in [0.4, 0.5) is 11.4 Å². The van der Waals surface area contributed by atoms with Crippen molar-refractivity contribution in [1.82, 2.24) is 0 Å². The average Bonchev–Trinajstić information content (AvgIpc) is 3.11. The Kier molecular flexibility index (Phi) is 11.0. The van der Waals surface area contributed by atoms with Gasteiger partial charge in [0, 0.05) is 42.0 Å². The molecular weight excluding hydrogens is 576 g/mol. The first-order chi connectivity index (χ1) is 22.5. The number of carboxylic acids is 1. The van der Waals surface area contributed by atoms with Gasteiger partial charge in [0.15, 0.2) is 5.78 Å². The molecule has 1 atom stereocenters. The Morgan fingerprint density at radius 2 is 1.35 bits per heavy atom. The van der Waals surface area contributed by atoms with Crippen molar-refractivity contribution < 1.29 is 24.2 Å². The van der Waals surface area contributed by atoms with Gasteiger partial charge in [0.05, 0.1) is 13.7 Å². The Bertz CT molecular complexity index is 1690. The molecule has 234 valence electrons. The van der Waals surface area contributed by atoms with Crippen LogP contribution in [0.15, 0.2) is 133 Å². The molecule has 7 heteroatoms. The number of anilines is 2. The van der Waals surface area contributed by atoms with Crippen molar-refractivity contribution in [2.45, 2.75) is 25.4 Å². The van der Waals surface area contributed by atoms with E-state index in [1.807, 2.05) is 60.7 Å². The maximum Gasteiger partial charge on any atom is 0.326 e. The van der Waals surface area contributed by atoms with E-state index in [4.69, 9.17) is 9.47 Å². The van der Waals surface area contributed by atoms with E-state index in [0.717, 1.165) is 42.3 Å². The third-order valence-electron chi connectivity index (χ3n) is 7.69. The zero-order valence-corrected chi connectivity index (χ0v) is 25.8. The highest BCUT2D eigenvalue weighted by Gasteiger charge is 2.21. The molecule has 5 aromatic carbocycles. The van der Waals surface area contributed by atoms with Crippen LogP contribution in [0.2, 0.25) is 0 Å². The predicted molar refractivity (Wildman–Crippen MR) is 182 cm³/mol. The van der Waals surface area contributed by atoms with Gasteiger partial charge in [-0.05, 0) is 66.1 Å². The number of carbonyl (C=O) groups excluding carboxylic acids is 1. The van der Waals surface area contributed by atoms with Crippen molar-refractivity contribution in [2.75, 3.05) is 30.5 Å². The first kappa shape index (κ1) is 31.9. The van der Waals surface area contributed by atoms with Crippen LogP contribution < -0.4 is 19.7 Å². The summed E-state index contributed by atoms with van der Waals surface area (Å²) >= 11 is 0. The fraction of sp³-hybridized carbons (Fsp3) is 0.179. The Hall–Kier alpha value is -5.56. The summed E-state index contributed by atoms with van der Waals surface area (Å²) in [5.74, 6) is 0.399. The molecule has 0 saturated heterocycles. The van der Waals surface area contributed by atoms with E-state index >= 15 is 0 Å². The molecule has 46 heavy (non-hydrogen) atoms. The Morgan fingerprint density at radius 1 is 0.739 bits per heavy atom. The molecule has 0 aliphatic heterocycles. The number of carboxylic acid groups (broad SMARTS) is 1. The standard InChI is InChI=1S/C39H38N2O5/c1-45-33-21-19-30(20-22-33)28-41(32-13-6-3-7-14-32)25-10-26-46-34-23-17-29(18-24-34)27-37(39(43)44)40-36-16-9-8-15-35(36)38(42)31-11-4-2-5-12-31/h2-9,11-24,37,40H,10,25-28H2,1H3,(H,43,44)/t37-/m0/s1. The van der Waals surface area contributed by atoms with Crippen molar-refractivity contribution >= 4 is 23.1 Å². The summed E-state index contributed by atoms with van der Waals surface area (Å²) in [5.41, 5.74) is 4.65. The van der Waals surface area contributed by atoms with E-state index in [1.165, 1.54) is 5.56 Å². The van der Waals surface area contributed by atoms with E-state index in [-0.39, 0.29) is 12.2 Å². The highest BCUT2D eigenvalue weighted by Crippen LogP contribution is 2.23. The van der Waals surface area contributed by atoms with Gasteiger partial charge >= 0.3 is 5.97 Å². The van der Waals surface area contributed by atoms with E-state index in [1.54, 1.807) is 55.6 Å². The van der Waals surface area contributed by atoms with Gasteiger partial charge in [0.1, 0.15) is 17.5 Å². The van der Waals surface area contributed by atoms with Crippen LogP contribution in [-0.4, -0.2) is 43.2 Å². The minimum absolute atomic E-state index is 0.165. The van der Waals surface area contributed by atoms with Gasteiger partial charge < -0.3 is 24.8 Å². The molecule has 0 heterocycles. The maximum absolute atomic E-state index is 13.1. The van der Waals surface area contributed by atoms with Gasteiger partial charge in [-0.1, -0.05) is 84.9 Å². The number of benzene rings is 5. The number of methoxy groups -OCH3 is 1. The molecule has 0 radical (unpaired) electrons. The molecule has 0 fully saturated rings. The summed E-state index contributed by atoms with van der Waals surface area (Å²) in [6.45, 7) is 2.12. The Labute approximate surface area is 270 Å². The van der Waals surface area contributed by atoms with Crippen LogP contribution in [0.25, 0.3) is 0 Å². The number of hydrogen-bond donors (Lipinski definition) is 2. The molecule has 0 bridgehead atoms. The number of aliphatic carboxylic acids is 1. The molecular formula is C39H38N2O5. The number of rotatable bonds is 16. The Morgan fingerprint density at radius 3 is 2.02 bits per heavy atom. The summed E-state index contributed by atoms with van der Waals surface area (Å²) < 4.78 is 11.3. The summed E-state index contributed by atoms with van der Waals surface area (Å²) in [6, 6.07) is 41.0. The zero-order valence-electron chi connectivity index (χ0n) is 25.8. The van der Waals surface area contributed by atoms with Crippen molar-refractivity contribution in [3.05, 3.63) is 156 Å². The lowest BCUT2D eigenvalue weighted by atomic mass is 10.00. The van der Waals surface area contributed by atoms with Gasteiger partial charge in [0.2, 0.25) is 0 Å². The molecule has 0 aliphatic carbocycles. The minimum atomic E-state index is -1.00. The SMILES string of the molecule is COc1ccc(CN(CCCOc2ccc(C[C@H](Nc3ccccc3C(=O)c3ccccc3)C(=O)O)cc2)c2ccccc2)cc1. The fourth-order valence-corrected chi connectivity index (χ4v) is 5.23. The monoisotopic (exact) mass is 614 g/mol. The van der Waals surface area contributed by atoms with Crippen LogP contribution in [0.3, 0.4) is 0 Å². The van der Waals surface area contributed by atoms with Crippen LogP contribution in [0.5, 0.6) is 11.5 Å². The summed E-state index contributed by atoms with van der Waals surface area (Å²) in [6.07, 6.45) is 1.06. The molecule has 0 amide bonds. The maximum atomic E-state index is 13.1. The first-order valence-corrected chi connectivity index (χ1v) is 15.3. The molecule has 5 aromatic rings. The van der Waals surface area contributed by atoms with Gasteiger partial charge in [-0.25, -0.2) is 4.79 Å². The summed E-state index contributed by atoms with van der Waals surface area (Å²) in [5, 5.41) is 13.1. The number of ketones is 1. The molecule has 0 spiro atoms. The molecule has 2 N–H and O–H groups in total. The van der Waals surface area contributed by atoms with Gasteiger partial charge in [-0.2, -0.15) is 0 Å².